The molecule has 0 aromatic heterocycles. The Labute approximate surface area is 164 Å². The summed E-state index contributed by atoms with van der Waals surface area (Å²) in [5, 5.41) is 0. The number of nitrogens with zero attached hydrogens (tertiary/aromatic N) is 1. The van der Waals surface area contributed by atoms with E-state index < -0.39 is 10.0 Å². The summed E-state index contributed by atoms with van der Waals surface area (Å²) in [4.78, 5) is 2.41. The van der Waals surface area contributed by atoms with Gasteiger partial charge < -0.3 is 9.47 Å². The van der Waals surface area contributed by atoms with E-state index in [-0.39, 0.29) is 18.4 Å². The minimum Gasteiger partial charge on any atom is -0.382 e. The van der Waals surface area contributed by atoms with E-state index in [0.717, 1.165) is 37.4 Å². The second kappa shape index (κ2) is 11.1. The number of ether oxygens (including phenoxy) is 2. The van der Waals surface area contributed by atoms with Crippen LogP contribution in [0.2, 0.25) is 0 Å². The van der Waals surface area contributed by atoms with Crippen molar-refractivity contribution in [1.29, 1.82) is 0 Å². The van der Waals surface area contributed by atoms with Gasteiger partial charge in [0.05, 0.1) is 25.6 Å². The third kappa shape index (κ3) is 7.87. The highest BCUT2D eigenvalue weighted by atomic mass is 32.2. The summed E-state index contributed by atoms with van der Waals surface area (Å²) in [5.74, 6) is 0.704. The molecular weight excluding hydrogens is 364 g/mol. The third-order valence-corrected chi connectivity index (χ3v) is 6.46. The largest absolute Gasteiger partial charge is 0.382 e. The fourth-order valence-corrected chi connectivity index (χ4v) is 4.17. The molecule has 1 aromatic rings. The number of piperidine rings is 1. The lowest BCUT2D eigenvalue weighted by molar-refractivity contribution is 0.0784. The zero-order valence-electron chi connectivity index (χ0n) is 16.8. The summed E-state index contributed by atoms with van der Waals surface area (Å²) in [7, 11) is -1.78. The lowest BCUT2D eigenvalue weighted by Gasteiger charge is -2.37. The van der Waals surface area contributed by atoms with Crippen LogP contribution in [-0.4, -0.2) is 65.6 Å². The number of hydrogen-bond donors (Lipinski definition) is 1. The van der Waals surface area contributed by atoms with Gasteiger partial charge in [-0.1, -0.05) is 36.8 Å². The van der Waals surface area contributed by atoms with Crippen LogP contribution in [0.3, 0.4) is 0 Å². The quantitative estimate of drug-likeness (QED) is 0.580. The monoisotopic (exact) mass is 398 g/mol. The molecule has 0 amide bonds. The molecule has 27 heavy (non-hydrogen) atoms. The fourth-order valence-electron chi connectivity index (χ4n) is 3.28. The molecule has 6 nitrogen and oxygen atoms in total. The van der Waals surface area contributed by atoms with Crippen molar-refractivity contribution in [2.45, 2.75) is 32.7 Å². The molecule has 0 saturated carbocycles. The standard InChI is InChI=1S/C20H34N2O4S/c1-17-4-6-19(7-5-17)20(22-10-8-18(2)9-11-22)16-21-27(23,24)15-14-26-13-12-25-3/h4-7,18,20-21H,8-16H2,1-3H3. The summed E-state index contributed by atoms with van der Waals surface area (Å²) >= 11 is 0. The van der Waals surface area contributed by atoms with E-state index in [2.05, 4.69) is 47.7 Å². The zero-order valence-corrected chi connectivity index (χ0v) is 17.6. The minimum absolute atomic E-state index is 0.0334. The molecule has 1 unspecified atom stereocenters. The first-order chi connectivity index (χ1) is 12.9. The normalized spacial score (nSPS) is 17.9. The first-order valence-electron chi connectivity index (χ1n) is 9.76. The van der Waals surface area contributed by atoms with Crippen LogP contribution in [0.5, 0.6) is 0 Å². The van der Waals surface area contributed by atoms with Crippen LogP contribution >= 0.6 is 0 Å². The number of hydrogen-bond acceptors (Lipinski definition) is 5. The van der Waals surface area contributed by atoms with Crippen molar-refractivity contribution < 1.29 is 17.9 Å². The van der Waals surface area contributed by atoms with Crippen LogP contribution in [0, 0.1) is 12.8 Å². The molecule has 1 saturated heterocycles. The van der Waals surface area contributed by atoms with Crippen molar-refractivity contribution in [2.75, 3.05) is 52.3 Å². The maximum Gasteiger partial charge on any atom is 0.213 e. The maximum absolute atomic E-state index is 12.3. The molecule has 0 aliphatic carbocycles. The van der Waals surface area contributed by atoms with Gasteiger partial charge in [0.1, 0.15) is 0 Å². The highest BCUT2D eigenvalue weighted by Gasteiger charge is 2.26. The Balaban J connectivity index is 1.96. The van der Waals surface area contributed by atoms with Gasteiger partial charge in [-0.25, -0.2) is 13.1 Å². The number of nitrogens with one attached hydrogen (secondary N) is 1. The van der Waals surface area contributed by atoms with Crippen LogP contribution in [0.4, 0.5) is 0 Å². The van der Waals surface area contributed by atoms with Gasteiger partial charge in [0.25, 0.3) is 0 Å². The first-order valence-corrected chi connectivity index (χ1v) is 11.4. The number of likely N-dealkylation sites (tertiary alicyclic amines) is 1. The van der Waals surface area contributed by atoms with Gasteiger partial charge in [0.2, 0.25) is 10.0 Å². The van der Waals surface area contributed by atoms with Crippen molar-refractivity contribution in [3.63, 3.8) is 0 Å². The van der Waals surface area contributed by atoms with Gasteiger partial charge in [0.15, 0.2) is 0 Å². The number of sulfonamides is 1. The summed E-state index contributed by atoms with van der Waals surface area (Å²) in [6.07, 6.45) is 2.31. The molecule has 1 aliphatic rings. The Hall–Kier alpha value is -0.990. The van der Waals surface area contributed by atoms with Gasteiger partial charge in [-0.15, -0.1) is 0 Å². The first kappa shape index (κ1) is 22.3. The number of benzene rings is 1. The van der Waals surface area contributed by atoms with Gasteiger partial charge in [-0.05, 0) is 44.3 Å². The van der Waals surface area contributed by atoms with Crippen molar-refractivity contribution >= 4 is 10.0 Å². The number of aryl methyl sites for hydroxylation is 1. The average Bonchev–Trinajstić information content (AvgIpc) is 2.64. The molecule has 1 atom stereocenters. The summed E-state index contributed by atoms with van der Waals surface area (Å²) in [6, 6.07) is 8.46. The average molecular weight is 399 g/mol. The second-order valence-corrected chi connectivity index (χ2v) is 9.34. The van der Waals surface area contributed by atoms with Crippen LogP contribution in [0.25, 0.3) is 0 Å². The van der Waals surface area contributed by atoms with E-state index in [0.29, 0.717) is 19.8 Å². The summed E-state index contributed by atoms with van der Waals surface area (Å²) in [6.45, 7) is 7.79. The molecule has 0 bridgehead atoms. The molecule has 7 heteroatoms. The molecule has 0 radical (unpaired) electrons. The molecule has 1 fully saturated rings. The Morgan fingerprint density at radius 2 is 1.81 bits per heavy atom. The second-order valence-electron chi connectivity index (χ2n) is 7.42. The summed E-state index contributed by atoms with van der Waals surface area (Å²) in [5.41, 5.74) is 2.37. The summed E-state index contributed by atoms with van der Waals surface area (Å²) < 4.78 is 37.7. The molecule has 1 aromatic carbocycles. The molecule has 1 heterocycles. The van der Waals surface area contributed by atoms with E-state index >= 15 is 0 Å². The Bertz CT molecular complexity index is 640. The molecule has 0 spiro atoms. The number of methoxy groups -OCH3 is 1. The number of rotatable bonds is 11. The van der Waals surface area contributed by atoms with Gasteiger partial charge in [-0.3, -0.25) is 4.90 Å². The van der Waals surface area contributed by atoms with E-state index in [1.54, 1.807) is 7.11 Å². The SMILES string of the molecule is COCCOCCS(=O)(=O)NCC(c1ccc(C)cc1)N1CCC(C)CC1. The molecule has 2 rings (SSSR count). The highest BCUT2D eigenvalue weighted by Crippen LogP contribution is 2.26. The Morgan fingerprint density at radius 1 is 1.15 bits per heavy atom. The topological polar surface area (TPSA) is 67.9 Å². The lowest BCUT2D eigenvalue weighted by Crippen LogP contribution is -2.42. The molecule has 1 N–H and O–H groups in total. The fraction of sp³-hybridized carbons (Fsp3) is 0.700. The smallest absolute Gasteiger partial charge is 0.213 e. The van der Waals surface area contributed by atoms with E-state index in [4.69, 9.17) is 9.47 Å². The zero-order chi connectivity index (χ0) is 19.7. The molecular formula is C20H34N2O4S. The predicted octanol–water partition coefficient (Wildman–Crippen LogP) is 2.35. The van der Waals surface area contributed by atoms with Crippen molar-refractivity contribution in [2.24, 2.45) is 5.92 Å². The minimum atomic E-state index is -3.37. The van der Waals surface area contributed by atoms with Crippen LogP contribution in [0.1, 0.15) is 36.9 Å². The van der Waals surface area contributed by atoms with Crippen molar-refractivity contribution in [3.8, 4) is 0 Å². The Morgan fingerprint density at radius 3 is 2.44 bits per heavy atom. The van der Waals surface area contributed by atoms with Gasteiger partial charge in [0, 0.05) is 19.7 Å². The highest BCUT2D eigenvalue weighted by molar-refractivity contribution is 7.89. The maximum atomic E-state index is 12.3. The van der Waals surface area contributed by atoms with Crippen LogP contribution < -0.4 is 4.72 Å². The van der Waals surface area contributed by atoms with Gasteiger partial charge in [-0.2, -0.15) is 0 Å². The van der Waals surface area contributed by atoms with E-state index in [9.17, 15) is 8.42 Å². The van der Waals surface area contributed by atoms with Crippen LogP contribution in [-0.2, 0) is 19.5 Å². The van der Waals surface area contributed by atoms with Crippen LogP contribution in [0.15, 0.2) is 24.3 Å². The van der Waals surface area contributed by atoms with Crippen molar-refractivity contribution in [3.05, 3.63) is 35.4 Å². The Kier molecular flexibility index (Phi) is 9.18. The van der Waals surface area contributed by atoms with Crippen molar-refractivity contribution in [1.82, 2.24) is 9.62 Å². The van der Waals surface area contributed by atoms with E-state index in [1.807, 2.05) is 0 Å². The third-order valence-electron chi connectivity index (χ3n) is 5.15. The van der Waals surface area contributed by atoms with Gasteiger partial charge >= 0.3 is 0 Å². The molecule has 154 valence electrons. The lowest BCUT2D eigenvalue weighted by atomic mass is 9.95. The van der Waals surface area contributed by atoms with E-state index in [1.165, 1.54) is 5.56 Å². The molecule has 1 aliphatic heterocycles. The predicted molar refractivity (Wildman–Crippen MR) is 108 cm³/mol.